The summed E-state index contributed by atoms with van der Waals surface area (Å²) in [6, 6.07) is 6.55. The molecule has 110 valence electrons. The Morgan fingerprint density at radius 1 is 1.38 bits per heavy atom. The fourth-order valence-corrected chi connectivity index (χ4v) is 3.81. The predicted molar refractivity (Wildman–Crippen MR) is 82.7 cm³/mol. The number of hydrogen-bond donors (Lipinski definition) is 2. The van der Waals surface area contributed by atoms with Crippen LogP contribution in [0.1, 0.15) is 16.9 Å². The highest BCUT2D eigenvalue weighted by Gasteiger charge is 2.16. The molecule has 0 aliphatic carbocycles. The Labute approximate surface area is 127 Å². The molecule has 0 unspecified atom stereocenters. The Bertz CT molecular complexity index is 786. The lowest BCUT2D eigenvalue weighted by atomic mass is 10.2. The first-order chi connectivity index (χ1) is 10.0. The van der Waals surface area contributed by atoms with Crippen LogP contribution in [0, 0.1) is 18.8 Å². The van der Waals surface area contributed by atoms with Gasteiger partial charge in [-0.1, -0.05) is 11.8 Å². The fourth-order valence-electron chi connectivity index (χ4n) is 1.53. The van der Waals surface area contributed by atoms with Gasteiger partial charge in [0.1, 0.15) is 10.0 Å². The summed E-state index contributed by atoms with van der Waals surface area (Å²) in [5.41, 5.74) is 0.638. The van der Waals surface area contributed by atoms with Crippen molar-refractivity contribution in [3.05, 3.63) is 40.9 Å². The first-order valence-electron chi connectivity index (χ1n) is 6.16. The number of aliphatic hydroxyl groups is 1. The maximum atomic E-state index is 12.2. The highest BCUT2D eigenvalue weighted by atomic mass is 32.2. The largest absolute Gasteiger partial charge is 0.395 e. The zero-order valence-electron chi connectivity index (χ0n) is 11.3. The number of pyridine rings is 1. The van der Waals surface area contributed by atoms with Crippen molar-refractivity contribution >= 4 is 27.2 Å². The minimum Gasteiger partial charge on any atom is -0.395 e. The van der Waals surface area contributed by atoms with Crippen LogP contribution in [-0.2, 0) is 10.0 Å². The summed E-state index contributed by atoms with van der Waals surface area (Å²) in [5, 5.41) is 8.67. The summed E-state index contributed by atoms with van der Waals surface area (Å²) in [6.45, 7) is 1.84. The Morgan fingerprint density at radius 2 is 2.19 bits per heavy atom. The molecule has 0 saturated carbocycles. The van der Waals surface area contributed by atoms with Crippen molar-refractivity contribution in [1.29, 1.82) is 0 Å². The minimum atomic E-state index is -3.62. The van der Waals surface area contributed by atoms with Crippen LogP contribution in [-0.4, -0.2) is 25.1 Å². The zero-order valence-corrected chi connectivity index (χ0v) is 13.0. The van der Waals surface area contributed by atoms with Crippen molar-refractivity contribution in [2.24, 2.45) is 0 Å². The molecular weight excluding hydrogens is 308 g/mol. The smallest absolute Gasteiger partial charge is 0.272 e. The number of anilines is 1. The number of nitrogens with zero attached hydrogens (tertiary/aromatic N) is 1. The van der Waals surface area contributed by atoms with Crippen molar-refractivity contribution in [1.82, 2.24) is 4.98 Å². The second-order valence-corrected chi connectivity index (χ2v) is 7.37. The average Bonchev–Trinajstić information content (AvgIpc) is 2.87. The predicted octanol–water partition coefficient (Wildman–Crippen LogP) is 1.99. The monoisotopic (exact) mass is 322 g/mol. The highest BCUT2D eigenvalue weighted by Crippen LogP contribution is 2.22. The molecular formula is C14H14N2O3S2. The van der Waals surface area contributed by atoms with Crippen molar-refractivity contribution in [2.45, 2.75) is 17.6 Å². The lowest BCUT2D eigenvalue weighted by Gasteiger charge is -2.05. The van der Waals surface area contributed by atoms with Gasteiger partial charge in [0.2, 0.25) is 0 Å². The quantitative estimate of drug-likeness (QED) is 0.844. The molecule has 0 bridgehead atoms. The van der Waals surface area contributed by atoms with Crippen LogP contribution in [0.5, 0.6) is 0 Å². The molecule has 0 aliphatic rings. The standard InChI is InChI=1S/C14H14N2O3S2/c1-11-5-6-14(20-11)21(18,19)16-13-10-12(7-8-15-13)4-2-3-9-17/h5-8,10,17H,3,9H2,1H3,(H,15,16). The molecule has 2 aromatic rings. The summed E-state index contributed by atoms with van der Waals surface area (Å²) >= 11 is 1.20. The number of aliphatic hydroxyl groups excluding tert-OH is 1. The molecule has 0 atom stereocenters. The second kappa shape index (κ2) is 6.72. The molecule has 5 nitrogen and oxygen atoms in total. The third-order valence-corrected chi connectivity index (χ3v) is 5.30. The third kappa shape index (κ3) is 4.29. The molecule has 2 N–H and O–H groups in total. The molecule has 0 aliphatic heterocycles. The number of aromatic nitrogens is 1. The molecule has 0 saturated heterocycles. The summed E-state index contributed by atoms with van der Waals surface area (Å²) in [6.07, 6.45) is 1.86. The molecule has 0 radical (unpaired) electrons. The SMILES string of the molecule is Cc1ccc(S(=O)(=O)Nc2cc(C#CCCO)ccn2)s1. The molecule has 0 spiro atoms. The van der Waals surface area contributed by atoms with Gasteiger partial charge < -0.3 is 5.11 Å². The fraction of sp³-hybridized carbons (Fsp3) is 0.214. The number of rotatable bonds is 4. The van der Waals surface area contributed by atoms with E-state index >= 15 is 0 Å². The van der Waals surface area contributed by atoms with E-state index in [0.29, 0.717) is 12.0 Å². The topological polar surface area (TPSA) is 79.3 Å². The Balaban J connectivity index is 2.20. The minimum absolute atomic E-state index is 0.00466. The summed E-state index contributed by atoms with van der Waals surface area (Å²) in [5.74, 6) is 5.83. The van der Waals surface area contributed by atoms with E-state index in [9.17, 15) is 8.42 Å². The molecule has 2 heterocycles. The van der Waals surface area contributed by atoms with E-state index in [-0.39, 0.29) is 16.6 Å². The van der Waals surface area contributed by atoms with Crippen molar-refractivity contribution < 1.29 is 13.5 Å². The number of nitrogens with one attached hydrogen (secondary N) is 1. The maximum Gasteiger partial charge on any atom is 0.272 e. The number of hydrogen-bond acceptors (Lipinski definition) is 5. The number of sulfonamides is 1. The van der Waals surface area contributed by atoms with Gasteiger partial charge in [0, 0.05) is 23.1 Å². The summed E-state index contributed by atoms with van der Waals surface area (Å²) in [7, 11) is -3.62. The van der Waals surface area contributed by atoms with Gasteiger partial charge in [0.15, 0.2) is 0 Å². The van der Waals surface area contributed by atoms with Crippen LogP contribution in [0.4, 0.5) is 5.82 Å². The van der Waals surface area contributed by atoms with E-state index in [0.717, 1.165) is 4.88 Å². The van der Waals surface area contributed by atoms with Crippen LogP contribution in [0.2, 0.25) is 0 Å². The normalized spacial score (nSPS) is 10.8. The van der Waals surface area contributed by atoms with E-state index in [2.05, 4.69) is 21.5 Å². The van der Waals surface area contributed by atoms with Crippen LogP contribution in [0.15, 0.2) is 34.7 Å². The maximum absolute atomic E-state index is 12.2. The van der Waals surface area contributed by atoms with Crippen LogP contribution in [0.3, 0.4) is 0 Å². The first-order valence-corrected chi connectivity index (χ1v) is 8.46. The molecule has 21 heavy (non-hydrogen) atoms. The van der Waals surface area contributed by atoms with E-state index in [1.165, 1.54) is 17.5 Å². The molecule has 2 aromatic heterocycles. The van der Waals surface area contributed by atoms with Gasteiger partial charge in [-0.05, 0) is 31.2 Å². The van der Waals surface area contributed by atoms with Gasteiger partial charge in [0.25, 0.3) is 10.0 Å². The zero-order chi connectivity index (χ0) is 15.3. The Morgan fingerprint density at radius 3 is 2.86 bits per heavy atom. The lowest BCUT2D eigenvalue weighted by molar-refractivity contribution is 0.305. The molecule has 2 rings (SSSR count). The number of thiophene rings is 1. The first kappa shape index (κ1) is 15.5. The van der Waals surface area contributed by atoms with Gasteiger partial charge >= 0.3 is 0 Å². The van der Waals surface area contributed by atoms with Gasteiger partial charge in [-0.2, -0.15) is 0 Å². The van der Waals surface area contributed by atoms with E-state index in [1.807, 2.05) is 6.92 Å². The average molecular weight is 322 g/mol. The Hall–Kier alpha value is -1.88. The lowest BCUT2D eigenvalue weighted by Crippen LogP contribution is -2.12. The van der Waals surface area contributed by atoms with Crippen molar-refractivity contribution in [3.8, 4) is 11.8 Å². The van der Waals surface area contributed by atoms with Gasteiger partial charge in [-0.25, -0.2) is 13.4 Å². The van der Waals surface area contributed by atoms with Gasteiger partial charge in [-0.15, -0.1) is 11.3 Å². The molecule has 0 aromatic carbocycles. The van der Waals surface area contributed by atoms with Crippen molar-refractivity contribution in [3.63, 3.8) is 0 Å². The molecule has 0 amide bonds. The Kier molecular flexibility index (Phi) is 4.96. The molecule has 0 fully saturated rings. The highest BCUT2D eigenvalue weighted by molar-refractivity contribution is 7.94. The van der Waals surface area contributed by atoms with Gasteiger partial charge in [0.05, 0.1) is 6.61 Å². The van der Waals surface area contributed by atoms with Crippen LogP contribution < -0.4 is 4.72 Å². The van der Waals surface area contributed by atoms with Crippen LogP contribution >= 0.6 is 11.3 Å². The third-order valence-electron chi connectivity index (χ3n) is 2.45. The van der Waals surface area contributed by atoms with E-state index in [4.69, 9.17) is 5.11 Å². The second-order valence-electron chi connectivity index (χ2n) is 4.18. The summed E-state index contributed by atoms with van der Waals surface area (Å²) < 4.78 is 27.0. The summed E-state index contributed by atoms with van der Waals surface area (Å²) in [4.78, 5) is 4.91. The van der Waals surface area contributed by atoms with Crippen LogP contribution in [0.25, 0.3) is 0 Å². The molecule has 7 heteroatoms. The van der Waals surface area contributed by atoms with Gasteiger partial charge in [-0.3, -0.25) is 4.72 Å². The van der Waals surface area contributed by atoms with E-state index in [1.54, 1.807) is 24.3 Å². The number of aryl methyl sites for hydroxylation is 1. The van der Waals surface area contributed by atoms with Crippen molar-refractivity contribution in [2.75, 3.05) is 11.3 Å². The van der Waals surface area contributed by atoms with E-state index < -0.39 is 10.0 Å².